The smallest absolute Gasteiger partial charge is 0.361 e. The summed E-state index contributed by atoms with van der Waals surface area (Å²) in [6.45, 7) is 3.11. The number of carbonyl (C=O) groups is 3. The van der Waals surface area contributed by atoms with Crippen LogP contribution in [0.25, 0.3) is 6.08 Å². The Morgan fingerprint density at radius 1 is 0.950 bits per heavy atom. The third kappa shape index (κ3) is 5.42. The molecule has 2 aliphatic rings. The molecule has 10 heteroatoms. The lowest BCUT2D eigenvalue weighted by molar-refractivity contribution is -0.134. The Morgan fingerprint density at radius 2 is 1.62 bits per heavy atom. The Hall–Kier alpha value is -4.60. The molecule has 1 aliphatic carbocycles. The standard InChI is InChI=1S/C30H31N5O5/c1-3-39-29(37)26-28(30(38)40-4-2)34(33-31-26)19-24(36)35-27(21-14-9-6-10-15-21)23-17-11-16-22(25(23)32-35)18-20-12-7-5-8-13-20/h5-10,12-15,18,23,27H,3-4,11,16-17,19H2,1-2H3/b22-18+. The summed E-state index contributed by atoms with van der Waals surface area (Å²) in [6.07, 6.45) is 4.88. The Morgan fingerprint density at radius 3 is 2.33 bits per heavy atom. The molecule has 2 unspecified atom stereocenters. The van der Waals surface area contributed by atoms with Gasteiger partial charge in [0.1, 0.15) is 6.54 Å². The van der Waals surface area contributed by atoms with Gasteiger partial charge in [0, 0.05) is 5.92 Å². The van der Waals surface area contributed by atoms with E-state index in [2.05, 4.69) is 16.4 Å². The van der Waals surface area contributed by atoms with Crippen molar-refractivity contribution in [1.82, 2.24) is 20.0 Å². The maximum Gasteiger partial charge on any atom is 0.361 e. The van der Waals surface area contributed by atoms with E-state index in [0.717, 1.165) is 46.4 Å². The fourth-order valence-electron chi connectivity index (χ4n) is 5.30. The minimum atomic E-state index is -0.811. The summed E-state index contributed by atoms with van der Waals surface area (Å²) in [4.78, 5) is 39.1. The Kier molecular flexibility index (Phi) is 8.14. The van der Waals surface area contributed by atoms with E-state index in [-0.39, 0.29) is 49.0 Å². The van der Waals surface area contributed by atoms with Crippen molar-refractivity contribution >= 4 is 29.6 Å². The zero-order chi connectivity index (χ0) is 28.1. The molecule has 5 rings (SSSR count). The van der Waals surface area contributed by atoms with Gasteiger partial charge in [-0.1, -0.05) is 65.9 Å². The zero-order valence-corrected chi connectivity index (χ0v) is 22.5. The van der Waals surface area contributed by atoms with Crippen molar-refractivity contribution in [1.29, 1.82) is 0 Å². The summed E-state index contributed by atoms with van der Waals surface area (Å²) in [5, 5.41) is 14.2. The molecule has 0 spiro atoms. The summed E-state index contributed by atoms with van der Waals surface area (Å²) in [5.74, 6) is -1.99. The molecule has 0 radical (unpaired) electrons. The first kappa shape index (κ1) is 27.0. The Balaban J connectivity index is 1.51. The van der Waals surface area contributed by atoms with Crippen LogP contribution in [0.1, 0.15) is 71.3 Å². The lowest BCUT2D eigenvalue weighted by Crippen LogP contribution is -2.34. The van der Waals surface area contributed by atoms with E-state index in [1.165, 1.54) is 5.01 Å². The van der Waals surface area contributed by atoms with Crippen molar-refractivity contribution in [3.8, 4) is 0 Å². The van der Waals surface area contributed by atoms with E-state index in [9.17, 15) is 14.4 Å². The largest absolute Gasteiger partial charge is 0.461 e. The average Bonchev–Trinajstić information content (AvgIpc) is 3.57. The summed E-state index contributed by atoms with van der Waals surface area (Å²) in [6, 6.07) is 19.6. The molecule has 40 heavy (non-hydrogen) atoms. The van der Waals surface area contributed by atoms with Crippen molar-refractivity contribution in [3.05, 3.63) is 88.8 Å². The molecule has 2 aromatic carbocycles. The minimum absolute atomic E-state index is 0.0189. The lowest BCUT2D eigenvalue weighted by atomic mass is 9.77. The van der Waals surface area contributed by atoms with Gasteiger partial charge in [0.05, 0.1) is 25.0 Å². The Bertz CT molecular complexity index is 1450. The number of rotatable bonds is 8. The number of benzene rings is 2. The van der Waals surface area contributed by atoms with Crippen LogP contribution in [-0.4, -0.2) is 56.8 Å². The van der Waals surface area contributed by atoms with Gasteiger partial charge in [-0.05, 0) is 55.9 Å². The van der Waals surface area contributed by atoms with Gasteiger partial charge in [0.25, 0.3) is 5.91 Å². The van der Waals surface area contributed by atoms with E-state index in [0.29, 0.717) is 0 Å². The lowest BCUT2D eigenvalue weighted by Gasteiger charge is -2.29. The monoisotopic (exact) mass is 541 g/mol. The predicted molar refractivity (Wildman–Crippen MR) is 147 cm³/mol. The fraction of sp³-hybridized carbons (Fsp3) is 0.333. The number of fused-ring (bicyclic) bond motifs is 1. The van der Waals surface area contributed by atoms with E-state index >= 15 is 0 Å². The fourth-order valence-corrected chi connectivity index (χ4v) is 5.30. The Labute approximate surface area is 232 Å². The third-order valence-electron chi connectivity index (χ3n) is 7.00. The molecule has 1 saturated carbocycles. The number of hydrogen-bond acceptors (Lipinski definition) is 8. The quantitative estimate of drug-likeness (QED) is 0.387. The molecule has 1 fully saturated rings. The first-order valence-corrected chi connectivity index (χ1v) is 13.5. The minimum Gasteiger partial charge on any atom is -0.461 e. The molecule has 0 bridgehead atoms. The second-order valence-corrected chi connectivity index (χ2v) is 9.54. The van der Waals surface area contributed by atoms with Gasteiger partial charge in [0.15, 0.2) is 5.69 Å². The normalized spacial score (nSPS) is 19.2. The highest BCUT2D eigenvalue weighted by molar-refractivity contribution is 6.08. The average molecular weight is 542 g/mol. The van der Waals surface area contributed by atoms with Crippen molar-refractivity contribution in [2.45, 2.75) is 45.7 Å². The predicted octanol–water partition coefficient (Wildman–Crippen LogP) is 4.45. The number of hydrogen-bond donors (Lipinski definition) is 0. The summed E-state index contributed by atoms with van der Waals surface area (Å²) in [5.41, 5.74) is 3.54. The molecule has 1 aromatic heterocycles. The summed E-state index contributed by atoms with van der Waals surface area (Å²) in [7, 11) is 0. The molecule has 2 heterocycles. The van der Waals surface area contributed by atoms with Crippen molar-refractivity contribution in [2.75, 3.05) is 13.2 Å². The second-order valence-electron chi connectivity index (χ2n) is 9.54. The first-order chi connectivity index (χ1) is 19.5. The molecule has 0 N–H and O–H groups in total. The molecule has 2 atom stereocenters. The highest BCUT2D eigenvalue weighted by Crippen LogP contribution is 2.44. The van der Waals surface area contributed by atoms with Crippen LogP contribution >= 0.6 is 0 Å². The number of hydrazone groups is 1. The van der Waals surface area contributed by atoms with Crippen molar-refractivity contribution in [3.63, 3.8) is 0 Å². The van der Waals surface area contributed by atoms with Crippen molar-refractivity contribution in [2.24, 2.45) is 11.0 Å². The van der Waals surface area contributed by atoms with Crippen molar-refractivity contribution < 1.29 is 23.9 Å². The zero-order valence-electron chi connectivity index (χ0n) is 22.5. The number of esters is 2. The van der Waals surface area contributed by atoms with Gasteiger partial charge in [-0.2, -0.15) is 5.10 Å². The highest BCUT2D eigenvalue weighted by Gasteiger charge is 2.44. The topological polar surface area (TPSA) is 116 Å². The molecule has 3 aromatic rings. The second kappa shape index (κ2) is 12.1. The summed E-state index contributed by atoms with van der Waals surface area (Å²) >= 11 is 0. The van der Waals surface area contributed by atoms with Gasteiger partial charge >= 0.3 is 11.9 Å². The molecule has 10 nitrogen and oxygen atoms in total. The number of ether oxygens (including phenoxy) is 2. The molecule has 1 amide bonds. The van der Waals surface area contributed by atoms with Gasteiger partial charge in [-0.3, -0.25) is 4.79 Å². The SMILES string of the molecule is CCOC(=O)c1nnn(CC(=O)N2N=C3/C(=C/c4ccccc4)CCCC3C2c2ccccc2)c1C(=O)OCC. The number of amides is 1. The van der Waals surface area contributed by atoms with Gasteiger partial charge in [-0.25, -0.2) is 19.3 Å². The third-order valence-corrected chi connectivity index (χ3v) is 7.00. The maximum absolute atomic E-state index is 13.9. The summed E-state index contributed by atoms with van der Waals surface area (Å²) < 4.78 is 11.3. The molecular weight excluding hydrogens is 510 g/mol. The number of carbonyl (C=O) groups excluding carboxylic acids is 3. The maximum atomic E-state index is 13.9. The number of nitrogens with zero attached hydrogens (tertiary/aromatic N) is 5. The van der Waals surface area contributed by atoms with E-state index in [1.54, 1.807) is 13.8 Å². The van der Waals surface area contributed by atoms with E-state index in [4.69, 9.17) is 14.6 Å². The van der Waals surface area contributed by atoms with Gasteiger partial charge in [0.2, 0.25) is 5.69 Å². The first-order valence-electron chi connectivity index (χ1n) is 13.5. The molecule has 1 aliphatic heterocycles. The molecular formula is C30H31N5O5. The molecule has 206 valence electrons. The van der Waals surface area contributed by atoms with Crippen LogP contribution in [-0.2, 0) is 20.8 Å². The number of aromatic nitrogens is 3. The van der Waals surface area contributed by atoms with Crippen LogP contribution in [0.3, 0.4) is 0 Å². The van der Waals surface area contributed by atoms with E-state index < -0.39 is 11.9 Å². The van der Waals surface area contributed by atoms with Crippen LogP contribution in [0.5, 0.6) is 0 Å². The molecule has 0 saturated heterocycles. The van der Waals surface area contributed by atoms with Crippen LogP contribution in [0.4, 0.5) is 0 Å². The van der Waals surface area contributed by atoms with Crippen LogP contribution in [0.15, 0.2) is 71.3 Å². The van der Waals surface area contributed by atoms with E-state index in [1.807, 2.05) is 60.7 Å². The van der Waals surface area contributed by atoms with Crippen LogP contribution in [0, 0.1) is 5.92 Å². The van der Waals surface area contributed by atoms with Gasteiger partial charge in [-0.15, -0.1) is 5.10 Å². The van der Waals surface area contributed by atoms with Crippen LogP contribution in [0.2, 0.25) is 0 Å². The van der Waals surface area contributed by atoms with Crippen LogP contribution < -0.4 is 0 Å². The van der Waals surface area contributed by atoms with Gasteiger partial charge < -0.3 is 9.47 Å². The number of allylic oxidation sites excluding steroid dienone is 1. The highest BCUT2D eigenvalue weighted by atomic mass is 16.5.